The van der Waals surface area contributed by atoms with Crippen molar-refractivity contribution in [2.45, 2.75) is 16.5 Å². The van der Waals surface area contributed by atoms with Crippen molar-refractivity contribution in [3.8, 4) is 11.3 Å². The van der Waals surface area contributed by atoms with E-state index in [1.807, 2.05) is 42.6 Å². The van der Waals surface area contributed by atoms with E-state index >= 15 is 0 Å². The van der Waals surface area contributed by atoms with Gasteiger partial charge in [-0.05, 0) is 6.92 Å². The first kappa shape index (κ1) is 15.1. The number of hydrogen-bond donors (Lipinski definition) is 1. The van der Waals surface area contributed by atoms with Gasteiger partial charge < -0.3 is 5.32 Å². The highest BCUT2D eigenvalue weighted by molar-refractivity contribution is 8.02. The summed E-state index contributed by atoms with van der Waals surface area (Å²) >= 11 is 4.23. The van der Waals surface area contributed by atoms with Crippen molar-refractivity contribution in [3.05, 3.63) is 41.2 Å². The molecule has 0 aliphatic heterocycles. The molecule has 0 fully saturated rings. The van der Waals surface area contributed by atoms with Gasteiger partial charge in [-0.25, -0.2) is 4.98 Å². The molecular weight excluding hydrogens is 336 g/mol. The minimum absolute atomic E-state index is 0.0887. The van der Waals surface area contributed by atoms with Gasteiger partial charge in [0.25, 0.3) is 0 Å². The van der Waals surface area contributed by atoms with E-state index in [4.69, 9.17) is 0 Å². The number of nitrogens with zero attached hydrogens (tertiary/aromatic N) is 3. The Hall–Kier alpha value is -1.77. The minimum Gasteiger partial charge on any atom is -0.301 e. The molecule has 1 N–H and O–H groups in total. The van der Waals surface area contributed by atoms with Crippen LogP contribution in [0.5, 0.6) is 0 Å². The summed E-state index contributed by atoms with van der Waals surface area (Å²) in [5, 5.41) is 12.8. The number of anilines is 1. The molecule has 3 rings (SSSR count). The number of benzene rings is 1. The molecule has 22 heavy (non-hydrogen) atoms. The van der Waals surface area contributed by atoms with Crippen molar-refractivity contribution < 1.29 is 4.79 Å². The summed E-state index contributed by atoms with van der Waals surface area (Å²) < 4.78 is 0.784. The molecule has 0 bridgehead atoms. The van der Waals surface area contributed by atoms with Crippen LogP contribution in [0.25, 0.3) is 11.3 Å². The van der Waals surface area contributed by atoms with Crippen LogP contribution in [0.1, 0.15) is 6.92 Å². The molecule has 2 heterocycles. The SMILES string of the molecule is C[C@@H](Sc1nncs1)C(=O)Nc1nc(-c2ccccc2)cs1. The Balaban J connectivity index is 1.63. The molecule has 0 saturated carbocycles. The third-order valence-corrected chi connectivity index (χ3v) is 5.46. The normalized spacial score (nSPS) is 12.0. The lowest BCUT2D eigenvalue weighted by Gasteiger charge is -2.07. The number of carbonyl (C=O) groups is 1. The highest BCUT2D eigenvalue weighted by atomic mass is 32.2. The van der Waals surface area contributed by atoms with Gasteiger partial charge in [0.2, 0.25) is 5.91 Å². The average molecular weight is 348 g/mol. The molecule has 1 amide bonds. The number of rotatable bonds is 5. The highest BCUT2D eigenvalue weighted by Gasteiger charge is 2.17. The van der Waals surface area contributed by atoms with Gasteiger partial charge in [-0.3, -0.25) is 4.79 Å². The molecule has 1 atom stereocenters. The maximum atomic E-state index is 12.2. The lowest BCUT2D eigenvalue weighted by atomic mass is 10.2. The molecule has 8 heteroatoms. The summed E-state index contributed by atoms with van der Waals surface area (Å²) in [4.78, 5) is 16.6. The Labute approximate surface area is 139 Å². The number of aromatic nitrogens is 3. The van der Waals surface area contributed by atoms with Crippen LogP contribution in [0.4, 0.5) is 5.13 Å². The first-order chi connectivity index (χ1) is 10.7. The zero-order valence-corrected chi connectivity index (χ0v) is 14.0. The highest BCUT2D eigenvalue weighted by Crippen LogP contribution is 2.27. The summed E-state index contributed by atoms with van der Waals surface area (Å²) in [6.07, 6.45) is 0. The van der Waals surface area contributed by atoms with Crippen LogP contribution in [0.3, 0.4) is 0 Å². The quantitative estimate of drug-likeness (QED) is 0.711. The van der Waals surface area contributed by atoms with E-state index < -0.39 is 0 Å². The van der Waals surface area contributed by atoms with E-state index in [9.17, 15) is 4.79 Å². The second-order valence-corrected chi connectivity index (χ2v) is 7.64. The summed E-state index contributed by atoms with van der Waals surface area (Å²) in [7, 11) is 0. The van der Waals surface area contributed by atoms with Crippen molar-refractivity contribution in [3.63, 3.8) is 0 Å². The van der Waals surface area contributed by atoms with Crippen LogP contribution >= 0.6 is 34.4 Å². The number of hydrogen-bond acceptors (Lipinski definition) is 7. The molecule has 112 valence electrons. The summed E-state index contributed by atoms with van der Waals surface area (Å²) in [6.45, 7) is 1.84. The van der Waals surface area contributed by atoms with E-state index in [-0.39, 0.29) is 11.2 Å². The van der Waals surface area contributed by atoms with Crippen LogP contribution in [-0.2, 0) is 4.79 Å². The fourth-order valence-corrected chi connectivity index (χ4v) is 4.05. The number of nitrogens with one attached hydrogen (secondary N) is 1. The van der Waals surface area contributed by atoms with E-state index in [1.54, 1.807) is 5.51 Å². The molecule has 0 saturated heterocycles. The predicted molar refractivity (Wildman–Crippen MR) is 91.4 cm³/mol. The Bertz CT molecular complexity index is 743. The Morgan fingerprint density at radius 3 is 2.82 bits per heavy atom. The molecule has 3 aromatic rings. The van der Waals surface area contributed by atoms with E-state index in [0.29, 0.717) is 5.13 Å². The smallest absolute Gasteiger partial charge is 0.239 e. The van der Waals surface area contributed by atoms with E-state index in [1.165, 1.54) is 34.4 Å². The Morgan fingerprint density at radius 1 is 1.27 bits per heavy atom. The second kappa shape index (κ2) is 6.99. The maximum Gasteiger partial charge on any atom is 0.239 e. The zero-order chi connectivity index (χ0) is 15.4. The summed E-state index contributed by atoms with van der Waals surface area (Å²) in [5.41, 5.74) is 3.56. The van der Waals surface area contributed by atoms with Crippen LogP contribution in [0.15, 0.2) is 45.6 Å². The van der Waals surface area contributed by atoms with Crippen molar-refractivity contribution in [1.29, 1.82) is 0 Å². The maximum absolute atomic E-state index is 12.2. The third kappa shape index (κ3) is 3.70. The minimum atomic E-state index is -0.253. The fourth-order valence-electron chi connectivity index (χ4n) is 1.70. The lowest BCUT2D eigenvalue weighted by molar-refractivity contribution is -0.115. The second-order valence-electron chi connectivity index (χ2n) is 4.36. The molecule has 0 aliphatic rings. The zero-order valence-electron chi connectivity index (χ0n) is 11.6. The molecule has 1 aromatic carbocycles. The Morgan fingerprint density at radius 2 is 2.09 bits per heavy atom. The van der Waals surface area contributed by atoms with E-state index in [2.05, 4.69) is 20.5 Å². The third-order valence-electron chi connectivity index (χ3n) is 2.79. The average Bonchev–Trinajstić information content (AvgIpc) is 3.20. The number of thioether (sulfide) groups is 1. The van der Waals surface area contributed by atoms with Crippen molar-refractivity contribution in [2.24, 2.45) is 0 Å². The topological polar surface area (TPSA) is 67.8 Å². The van der Waals surface area contributed by atoms with Crippen LogP contribution in [-0.4, -0.2) is 26.3 Å². The fraction of sp³-hybridized carbons (Fsp3) is 0.143. The van der Waals surface area contributed by atoms with Gasteiger partial charge in [-0.2, -0.15) is 0 Å². The van der Waals surface area contributed by atoms with Gasteiger partial charge in [0, 0.05) is 10.9 Å². The van der Waals surface area contributed by atoms with Gasteiger partial charge in [0.1, 0.15) is 5.51 Å². The standard InChI is InChI=1S/C14H12N4OS3/c1-9(22-14-18-15-8-21-14)12(19)17-13-16-11(7-20-13)10-5-3-2-4-6-10/h2-9H,1H3,(H,16,17,19)/t9-/m1/s1. The van der Waals surface area contributed by atoms with Gasteiger partial charge in [-0.1, -0.05) is 53.4 Å². The van der Waals surface area contributed by atoms with Gasteiger partial charge in [-0.15, -0.1) is 21.5 Å². The first-order valence-electron chi connectivity index (χ1n) is 6.47. The van der Waals surface area contributed by atoms with Crippen molar-refractivity contribution in [2.75, 3.05) is 5.32 Å². The molecule has 5 nitrogen and oxygen atoms in total. The number of amides is 1. The lowest BCUT2D eigenvalue weighted by Crippen LogP contribution is -2.22. The van der Waals surface area contributed by atoms with Crippen LogP contribution < -0.4 is 5.32 Å². The number of thiazole rings is 1. The molecule has 2 aromatic heterocycles. The van der Waals surface area contributed by atoms with E-state index in [0.717, 1.165) is 15.6 Å². The van der Waals surface area contributed by atoms with Crippen LogP contribution in [0.2, 0.25) is 0 Å². The molecule has 0 radical (unpaired) electrons. The largest absolute Gasteiger partial charge is 0.301 e. The molecule has 0 spiro atoms. The molecular formula is C14H12N4OS3. The summed E-state index contributed by atoms with van der Waals surface area (Å²) in [5.74, 6) is -0.0887. The Kier molecular flexibility index (Phi) is 4.81. The molecule has 0 unspecified atom stereocenters. The summed E-state index contributed by atoms with van der Waals surface area (Å²) in [6, 6.07) is 9.88. The van der Waals surface area contributed by atoms with Gasteiger partial charge >= 0.3 is 0 Å². The van der Waals surface area contributed by atoms with Crippen LogP contribution in [0, 0.1) is 0 Å². The monoisotopic (exact) mass is 348 g/mol. The molecule has 0 aliphatic carbocycles. The van der Waals surface area contributed by atoms with Gasteiger partial charge in [0.05, 0.1) is 10.9 Å². The van der Waals surface area contributed by atoms with Crippen molar-refractivity contribution in [1.82, 2.24) is 15.2 Å². The predicted octanol–water partition coefficient (Wildman–Crippen LogP) is 3.78. The van der Waals surface area contributed by atoms with Gasteiger partial charge in [0.15, 0.2) is 9.47 Å². The van der Waals surface area contributed by atoms with Crippen molar-refractivity contribution >= 4 is 45.5 Å². The first-order valence-corrected chi connectivity index (χ1v) is 9.11. The number of carbonyl (C=O) groups excluding carboxylic acids is 1.